The lowest BCUT2D eigenvalue weighted by Crippen LogP contribution is -2.48. The van der Waals surface area contributed by atoms with Crippen molar-refractivity contribution < 1.29 is 9.53 Å². The van der Waals surface area contributed by atoms with Crippen LogP contribution in [0.25, 0.3) is 0 Å². The first-order valence-electron chi connectivity index (χ1n) is 7.06. The zero-order chi connectivity index (χ0) is 14.5. The maximum absolute atomic E-state index is 12.0. The molecule has 1 aliphatic rings. The number of hydrogen-bond acceptors (Lipinski definition) is 5. The van der Waals surface area contributed by atoms with Gasteiger partial charge in [0.25, 0.3) is 0 Å². The number of morpholine rings is 1. The summed E-state index contributed by atoms with van der Waals surface area (Å²) in [6.07, 6.45) is 3.49. The van der Waals surface area contributed by atoms with Crippen LogP contribution in [0.1, 0.15) is 26.8 Å². The van der Waals surface area contributed by atoms with Crippen molar-refractivity contribution in [2.45, 2.75) is 39.0 Å². The Balaban J connectivity index is 1.71. The number of nitrogens with one attached hydrogen (secondary N) is 1. The number of carbonyl (C=O) groups is 1. The van der Waals surface area contributed by atoms with Gasteiger partial charge in [-0.05, 0) is 20.8 Å². The largest absolute Gasteiger partial charge is 0.373 e. The van der Waals surface area contributed by atoms with Gasteiger partial charge in [-0.25, -0.2) is 9.67 Å². The van der Waals surface area contributed by atoms with Crippen LogP contribution in [0.15, 0.2) is 12.7 Å². The van der Waals surface area contributed by atoms with E-state index in [1.54, 1.807) is 11.0 Å². The van der Waals surface area contributed by atoms with E-state index in [1.165, 1.54) is 6.33 Å². The molecule has 0 saturated carbocycles. The number of carbonyl (C=O) groups excluding carboxylic acids is 1. The minimum atomic E-state index is -0.333. The molecule has 0 aromatic carbocycles. The molecular formula is C13H23N5O2. The Morgan fingerprint density at radius 2 is 2.15 bits per heavy atom. The van der Waals surface area contributed by atoms with E-state index in [1.807, 2.05) is 6.92 Å². The van der Waals surface area contributed by atoms with Crippen LogP contribution in [-0.4, -0.2) is 64.0 Å². The molecule has 1 aliphatic heterocycles. The zero-order valence-electron chi connectivity index (χ0n) is 12.3. The molecule has 0 bridgehead atoms. The van der Waals surface area contributed by atoms with Crippen LogP contribution in [0.3, 0.4) is 0 Å². The van der Waals surface area contributed by atoms with Crippen molar-refractivity contribution in [3.63, 3.8) is 0 Å². The molecule has 1 saturated heterocycles. The summed E-state index contributed by atoms with van der Waals surface area (Å²) in [4.78, 5) is 18.1. The van der Waals surface area contributed by atoms with Crippen LogP contribution in [0.4, 0.5) is 0 Å². The highest BCUT2D eigenvalue weighted by atomic mass is 16.5. The third kappa shape index (κ3) is 4.01. The first-order chi connectivity index (χ1) is 9.56. The molecule has 7 heteroatoms. The van der Waals surface area contributed by atoms with Crippen molar-refractivity contribution in [2.75, 3.05) is 26.2 Å². The van der Waals surface area contributed by atoms with Crippen LogP contribution in [0, 0.1) is 0 Å². The van der Waals surface area contributed by atoms with E-state index in [2.05, 4.69) is 34.1 Å². The number of nitrogens with zero attached hydrogens (tertiary/aromatic N) is 4. The van der Waals surface area contributed by atoms with Crippen molar-refractivity contribution >= 4 is 5.91 Å². The van der Waals surface area contributed by atoms with Gasteiger partial charge in [-0.2, -0.15) is 5.10 Å². The Morgan fingerprint density at radius 1 is 1.45 bits per heavy atom. The van der Waals surface area contributed by atoms with Gasteiger partial charge in [-0.15, -0.1) is 0 Å². The van der Waals surface area contributed by atoms with E-state index < -0.39 is 0 Å². The van der Waals surface area contributed by atoms with E-state index in [4.69, 9.17) is 4.74 Å². The van der Waals surface area contributed by atoms with Crippen LogP contribution in [0.2, 0.25) is 0 Å². The molecule has 0 spiro atoms. The summed E-state index contributed by atoms with van der Waals surface area (Å²) in [5.74, 6) is -0.0372. The van der Waals surface area contributed by atoms with E-state index in [-0.39, 0.29) is 24.2 Å². The summed E-state index contributed by atoms with van der Waals surface area (Å²) >= 11 is 0. The fraction of sp³-hybridized carbons (Fsp3) is 0.769. The lowest BCUT2D eigenvalue weighted by atomic mass is 10.2. The highest BCUT2D eigenvalue weighted by Crippen LogP contribution is 2.09. The third-order valence-corrected chi connectivity index (χ3v) is 3.44. The summed E-state index contributed by atoms with van der Waals surface area (Å²) in [6, 6.07) is -0.333. The number of rotatable bonds is 5. The Hall–Kier alpha value is -1.47. The van der Waals surface area contributed by atoms with E-state index in [0.29, 0.717) is 6.54 Å². The summed E-state index contributed by atoms with van der Waals surface area (Å²) in [7, 11) is 0. The first-order valence-corrected chi connectivity index (χ1v) is 7.06. The normalized spacial score (nSPS) is 25.4. The van der Waals surface area contributed by atoms with Crippen molar-refractivity contribution in [1.29, 1.82) is 0 Å². The fourth-order valence-electron chi connectivity index (χ4n) is 2.49. The minimum absolute atomic E-state index is 0.0372. The predicted molar refractivity (Wildman–Crippen MR) is 74.2 cm³/mol. The maximum Gasteiger partial charge on any atom is 0.244 e. The number of aromatic nitrogens is 3. The molecule has 2 rings (SSSR count). The number of hydrogen-bond donors (Lipinski definition) is 1. The topological polar surface area (TPSA) is 72.3 Å². The van der Waals surface area contributed by atoms with Gasteiger partial charge in [0.1, 0.15) is 18.7 Å². The van der Waals surface area contributed by atoms with E-state index in [0.717, 1.165) is 19.6 Å². The van der Waals surface area contributed by atoms with Gasteiger partial charge in [0.05, 0.1) is 12.2 Å². The van der Waals surface area contributed by atoms with Crippen LogP contribution in [-0.2, 0) is 9.53 Å². The van der Waals surface area contributed by atoms with Gasteiger partial charge in [-0.1, -0.05) is 0 Å². The molecule has 1 aromatic rings. The Morgan fingerprint density at radius 3 is 2.75 bits per heavy atom. The van der Waals surface area contributed by atoms with Crippen molar-refractivity contribution in [2.24, 2.45) is 0 Å². The minimum Gasteiger partial charge on any atom is -0.373 e. The smallest absolute Gasteiger partial charge is 0.244 e. The summed E-state index contributed by atoms with van der Waals surface area (Å²) in [5, 5.41) is 6.91. The van der Waals surface area contributed by atoms with Crippen LogP contribution in [0.5, 0.6) is 0 Å². The lowest BCUT2D eigenvalue weighted by Gasteiger charge is -2.35. The molecule has 1 N–H and O–H groups in total. The molecule has 20 heavy (non-hydrogen) atoms. The zero-order valence-corrected chi connectivity index (χ0v) is 12.3. The van der Waals surface area contributed by atoms with Crippen molar-refractivity contribution in [3.8, 4) is 0 Å². The fourth-order valence-corrected chi connectivity index (χ4v) is 2.49. The Labute approximate surface area is 119 Å². The third-order valence-electron chi connectivity index (χ3n) is 3.44. The molecule has 1 aromatic heterocycles. The van der Waals surface area contributed by atoms with E-state index >= 15 is 0 Å². The Bertz CT molecular complexity index is 412. The molecule has 0 aliphatic carbocycles. The molecule has 7 nitrogen and oxygen atoms in total. The molecule has 1 fully saturated rings. The average molecular weight is 281 g/mol. The molecule has 112 valence electrons. The van der Waals surface area contributed by atoms with Gasteiger partial charge < -0.3 is 10.1 Å². The second-order valence-electron chi connectivity index (χ2n) is 5.36. The Kier molecular flexibility index (Phi) is 5.08. The SMILES string of the molecule is CC1CN(CCNC(=O)C(C)n2cncn2)CC(C)O1. The van der Waals surface area contributed by atoms with Gasteiger partial charge in [0.2, 0.25) is 5.91 Å². The summed E-state index contributed by atoms with van der Waals surface area (Å²) in [6.45, 7) is 9.27. The van der Waals surface area contributed by atoms with Crippen LogP contribution >= 0.6 is 0 Å². The summed E-state index contributed by atoms with van der Waals surface area (Å²) in [5.41, 5.74) is 0. The van der Waals surface area contributed by atoms with Crippen molar-refractivity contribution in [1.82, 2.24) is 25.0 Å². The average Bonchev–Trinajstić information content (AvgIpc) is 2.90. The molecule has 3 atom stereocenters. The van der Waals surface area contributed by atoms with Gasteiger partial charge >= 0.3 is 0 Å². The number of amides is 1. The lowest BCUT2D eigenvalue weighted by molar-refractivity contribution is -0.124. The monoisotopic (exact) mass is 281 g/mol. The van der Waals surface area contributed by atoms with Gasteiger partial charge in [0.15, 0.2) is 0 Å². The second kappa shape index (κ2) is 6.81. The predicted octanol–water partition coefficient (Wildman–Crippen LogP) is 0.0645. The molecule has 1 amide bonds. The summed E-state index contributed by atoms with van der Waals surface area (Å²) < 4.78 is 7.23. The first kappa shape index (κ1) is 14.9. The van der Waals surface area contributed by atoms with Crippen LogP contribution < -0.4 is 5.32 Å². The number of ether oxygens (including phenoxy) is 1. The quantitative estimate of drug-likeness (QED) is 0.826. The molecular weight excluding hydrogens is 258 g/mol. The van der Waals surface area contributed by atoms with Gasteiger partial charge in [0, 0.05) is 26.2 Å². The molecule has 3 unspecified atom stereocenters. The van der Waals surface area contributed by atoms with Crippen molar-refractivity contribution in [3.05, 3.63) is 12.7 Å². The molecule has 0 radical (unpaired) electrons. The van der Waals surface area contributed by atoms with E-state index in [9.17, 15) is 4.79 Å². The highest BCUT2D eigenvalue weighted by molar-refractivity contribution is 5.79. The standard InChI is InChI=1S/C13H23N5O2/c1-10-6-17(7-11(2)20-10)5-4-15-13(19)12(3)18-9-14-8-16-18/h8-12H,4-7H2,1-3H3,(H,15,19). The maximum atomic E-state index is 12.0. The second-order valence-corrected chi connectivity index (χ2v) is 5.36. The molecule has 2 heterocycles. The highest BCUT2D eigenvalue weighted by Gasteiger charge is 2.22. The van der Waals surface area contributed by atoms with Gasteiger partial charge in [-0.3, -0.25) is 9.69 Å².